The Labute approximate surface area is 183 Å². The van der Waals surface area contributed by atoms with Crippen LogP contribution in [0, 0.1) is 5.92 Å². The third kappa shape index (κ3) is 4.66. The molecule has 1 atom stereocenters. The number of carbonyl (C=O) groups excluding carboxylic acids is 3. The highest BCUT2D eigenvalue weighted by atomic mass is 32.1. The molecule has 4 rings (SSSR count). The molecule has 2 aromatic carbocycles. The smallest absolute Gasteiger partial charge is 0.231 e. The molecule has 0 bridgehead atoms. The van der Waals surface area contributed by atoms with E-state index in [1.807, 2.05) is 25.1 Å². The summed E-state index contributed by atoms with van der Waals surface area (Å²) in [5.74, 6) is -0.284. The van der Waals surface area contributed by atoms with Crippen molar-refractivity contribution in [3.05, 3.63) is 42.5 Å². The van der Waals surface area contributed by atoms with Crippen molar-refractivity contribution in [2.45, 2.75) is 20.3 Å². The Bertz CT molecular complexity index is 1160. The molecular weight excluding hydrogens is 416 g/mol. The monoisotopic (exact) mass is 438 g/mol. The highest BCUT2D eigenvalue weighted by Gasteiger charge is 2.35. The van der Waals surface area contributed by atoms with Gasteiger partial charge in [0.1, 0.15) is 5.75 Å². The molecule has 0 radical (unpaired) electrons. The first kappa shape index (κ1) is 20.8. The summed E-state index contributed by atoms with van der Waals surface area (Å²) in [6.07, 6.45) is 0.121. The zero-order valence-corrected chi connectivity index (χ0v) is 18.0. The summed E-state index contributed by atoms with van der Waals surface area (Å²) in [6, 6.07) is 12.6. The van der Waals surface area contributed by atoms with Crippen molar-refractivity contribution >= 4 is 55.8 Å². The molecule has 3 amide bonds. The Morgan fingerprint density at radius 2 is 2.06 bits per heavy atom. The van der Waals surface area contributed by atoms with Gasteiger partial charge >= 0.3 is 0 Å². The first-order valence-electron chi connectivity index (χ1n) is 9.95. The van der Waals surface area contributed by atoms with Crippen molar-refractivity contribution in [2.24, 2.45) is 5.92 Å². The van der Waals surface area contributed by atoms with Crippen molar-refractivity contribution in [3.8, 4) is 5.75 Å². The van der Waals surface area contributed by atoms with Crippen LogP contribution >= 0.6 is 11.3 Å². The number of benzene rings is 2. The number of anilines is 3. The first-order chi connectivity index (χ1) is 14.9. The standard InChI is InChI=1S/C22H22N4O4S/c1-3-30-17-7-8-18-19(11-17)31-22(24-18)25-21(29)14-9-20(28)26(12-14)16-6-4-5-15(10-16)23-13(2)27/h4-8,10-11,14H,3,9,12H2,1-2H3,(H,23,27)(H,24,25,29)/t14-/m0/s1. The van der Waals surface area contributed by atoms with Gasteiger partial charge in [0.25, 0.3) is 0 Å². The second-order valence-corrected chi connectivity index (χ2v) is 8.24. The van der Waals surface area contributed by atoms with E-state index in [1.165, 1.54) is 18.3 Å². The molecule has 0 spiro atoms. The van der Waals surface area contributed by atoms with E-state index in [1.54, 1.807) is 29.2 Å². The lowest BCUT2D eigenvalue weighted by atomic mass is 10.1. The predicted octanol–water partition coefficient (Wildman–Crippen LogP) is 3.65. The highest BCUT2D eigenvalue weighted by molar-refractivity contribution is 7.22. The van der Waals surface area contributed by atoms with Crippen LogP contribution in [0.3, 0.4) is 0 Å². The minimum absolute atomic E-state index is 0.121. The fourth-order valence-corrected chi connectivity index (χ4v) is 4.41. The molecule has 31 heavy (non-hydrogen) atoms. The van der Waals surface area contributed by atoms with Crippen LogP contribution in [0.4, 0.5) is 16.5 Å². The van der Waals surface area contributed by atoms with E-state index < -0.39 is 5.92 Å². The summed E-state index contributed by atoms with van der Waals surface area (Å²) in [7, 11) is 0. The Balaban J connectivity index is 1.45. The third-order valence-electron chi connectivity index (χ3n) is 4.88. The summed E-state index contributed by atoms with van der Waals surface area (Å²) < 4.78 is 6.42. The Hall–Kier alpha value is -3.46. The van der Waals surface area contributed by atoms with E-state index in [0.29, 0.717) is 23.1 Å². The molecule has 1 fully saturated rings. The van der Waals surface area contributed by atoms with Gasteiger partial charge in [-0.05, 0) is 43.3 Å². The van der Waals surface area contributed by atoms with E-state index in [-0.39, 0.29) is 30.7 Å². The van der Waals surface area contributed by atoms with Gasteiger partial charge in [-0.15, -0.1) is 0 Å². The van der Waals surface area contributed by atoms with E-state index >= 15 is 0 Å². The molecule has 2 N–H and O–H groups in total. The number of fused-ring (bicyclic) bond motifs is 1. The summed E-state index contributed by atoms with van der Waals surface area (Å²) in [5, 5.41) is 6.04. The zero-order valence-electron chi connectivity index (χ0n) is 17.2. The van der Waals surface area contributed by atoms with Crippen molar-refractivity contribution in [1.29, 1.82) is 0 Å². The lowest BCUT2D eigenvalue weighted by Gasteiger charge is -2.17. The maximum atomic E-state index is 12.8. The number of ether oxygens (including phenoxy) is 1. The van der Waals surface area contributed by atoms with Gasteiger partial charge in [-0.3, -0.25) is 14.4 Å². The van der Waals surface area contributed by atoms with E-state index in [0.717, 1.165) is 16.0 Å². The second-order valence-electron chi connectivity index (χ2n) is 7.21. The Kier molecular flexibility index (Phi) is 5.85. The van der Waals surface area contributed by atoms with Crippen LogP contribution in [-0.4, -0.2) is 35.9 Å². The van der Waals surface area contributed by atoms with Crippen molar-refractivity contribution in [2.75, 3.05) is 28.7 Å². The number of hydrogen-bond donors (Lipinski definition) is 2. The lowest BCUT2D eigenvalue weighted by molar-refractivity contribution is -0.122. The molecule has 1 aliphatic rings. The summed E-state index contributed by atoms with van der Waals surface area (Å²) in [6.45, 7) is 4.19. The Morgan fingerprint density at radius 3 is 2.84 bits per heavy atom. The normalized spacial score (nSPS) is 15.9. The summed E-state index contributed by atoms with van der Waals surface area (Å²) >= 11 is 1.37. The molecule has 160 valence electrons. The fourth-order valence-electron chi connectivity index (χ4n) is 3.51. The molecule has 2 heterocycles. The van der Waals surface area contributed by atoms with Gasteiger partial charge < -0.3 is 20.3 Å². The average Bonchev–Trinajstić information content (AvgIpc) is 3.30. The van der Waals surface area contributed by atoms with Gasteiger partial charge in [-0.2, -0.15) is 0 Å². The number of hydrogen-bond acceptors (Lipinski definition) is 6. The topological polar surface area (TPSA) is 101 Å². The van der Waals surface area contributed by atoms with Crippen LogP contribution in [0.15, 0.2) is 42.5 Å². The van der Waals surface area contributed by atoms with Crippen LogP contribution in [0.1, 0.15) is 20.3 Å². The Morgan fingerprint density at radius 1 is 1.23 bits per heavy atom. The number of thiazole rings is 1. The van der Waals surface area contributed by atoms with Crippen LogP contribution < -0.4 is 20.3 Å². The highest BCUT2D eigenvalue weighted by Crippen LogP contribution is 2.31. The number of aromatic nitrogens is 1. The maximum Gasteiger partial charge on any atom is 0.231 e. The van der Waals surface area contributed by atoms with E-state index in [2.05, 4.69) is 15.6 Å². The molecule has 1 aromatic heterocycles. The van der Waals surface area contributed by atoms with Crippen LogP contribution in [-0.2, 0) is 14.4 Å². The third-order valence-corrected chi connectivity index (χ3v) is 5.81. The average molecular weight is 439 g/mol. The van der Waals surface area contributed by atoms with Gasteiger partial charge in [-0.1, -0.05) is 17.4 Å². The lowest BCUT2D eigenvalue weighted by Crippen LogP contribution is -2.28. The van der Waals surface area contributed by atoms with Crippen molar-refractivity contribution < 1.29 is 19.1 Å². The van der Waals surface area contributed by atoms with Crippen molar-refractivity contribution in [1.82, 2.24) is 4.98 Å². The minimum atomic E-state index is -0.483. The molecule has 0 unspecified atom stereocenters. The molecule has 1 aliphatic heterocycles. The van der Waals surface area contributed by atoms with Crippen LogP contribution in [0.2, 0.25) is 0 Å². The summed E-state index contributed by atoms with van der Waals surface area (Å²) in [5.41, 5.74) is 2.03. The van der Waals surface area contributed by atoms with Gasteiger partial charge in [0.15, 0.2) is 5.13 Å². The van der Waals surface area contributed by atoms with Gasteiger partial charge in [0, 0.05) is 31.3 Å². The molecule has 9 heteroatoms. The number of carbonyl (C=O) groups is 3. The van der Waals surface area contributed by atoms with E-state index in [4.69, 9.17) is 4.74 Å². The first-order valence-corrected chi connectivity index (χ1v) is 10.8. The quantitative estimate of drug-likeness (QED) is 0.612. The van der Waals surface area contributed by atoms with E-state index in [9.17, 15) is 14.4 Å². The predicted molar refractivity (Wildman–Crippen MR) is 121 cm³/mol. The molecule has 3 aromatic rings. The summed E-state index contributed by atoms with van der Waals surface area (Å²) in [4.78, 5) is 42.6. The molecule has 1 saturated heterocycles. The van der Waals surface area contributed by atoms with Crippen LogP contribution in [0.25, 0.3) is 10.2 Å². The van der Waals surface area contributed by atoms with Crippen molar-refractivity contribution in [3.63, 3.8) is 0 Å². The fraction of sp³-hybridized carbons (Fsp3) is 0.273. The van der Waals surface area contributed by atoms with Gasteiger partial charge in [0.2, 0.25) is 17.7 Å². The zero-order chi connectivity index (χ0) is 22.0. The minimum Gasteiger partial charge on any atom is -0.494 e. The number of amides is 3. The number of nitrogens with one attached hydrogen (secondary N) is 2. The largest absolute Gasteiger partial charge is 0.494 e. The van der Waals surface area contributed by atoms with Crippen LogP contribution in [0.5, 0.6) is 5.75 Å². The SMILES string of the molecule is CCOc1ccc2nc(NC(=O)[C@H]3CC(=O)N(c4cccc(NC(C)=O)c4)C3)sc2c1. The van der Waals surface area contributed by atoms with Gasteiger partial charge in [-0.25, -0.2) is 4.98 Å². The molecule has 0 aliphatic carbocycles. The second kappa shape index (κ2) is 8.73. The number of nitrogens with zero attached hydrogens (tertiary/aromatic N) is 2. The molecule has 0 saturated carbocycles. The van der Waals surface area contributed by atoms with Gasteiger partial charge in [0.05, 0.1) is 22.7 Å². The number of rotatable bonds is 6. The molecule has 8 nitrogen and oxygen atoms in total. The maximum absolute atomic E-state index is 12.8. The molecular formula is C22H22N4O4S.